The van der Waals surface area contributed by atoms with E-state index in [4.69, 9.17) is 11.1 Å². The Kier molecular flexibility index (Phi) is 7.13. The van der Waals surface area contributed by atoms with Crippen LogP contribution in [0.15, 0.2) is 33.2 Å². The number of unbranched alkanes of at least 4 members (excludes halogenated alkanes) is 1. The van der Waals surface area contributed by atoms with Crippen molar-refractivity contribution in [2.75, 3.05) is 0 Å². The van der Waals surface area contributed by atoms with E-state index in [1.54, 1.807) is 12.4 Å². The van der Waals surface area contributed by atoms with Gasteiger partial charge in [-0.15, -0.1) is 0 Å². The van der Waals surface area contributed by atoms with Crippen molar-refractivity contribution in [1.82, 2.24) is 4.98 Å². The number of azide groups is 2. The molecular formula is C11H12BrN7O. The lowest BCUT2D eigenvalue weighted by Crippen LogP contribution is -1.97. The van der Waals surface area contributed by atoms with Gasteiger partial charge in [0.25, 0.3) is 0 Å². The minimum Gasteiger partial charge on any atom is -0.293 e. The summed E-state index contributed by atoms with van der Waals surface area (Å²) in [6.45, 7) is 0. The average Bonchev–Trinajstić information content (AvgIpc) is 2.42. The summed E-state index contributed by atoms with van der Waals surface area (Å²) < 4.78 is 0.812. The number of hydrogen-bond donors (Lipinski definition) is 0. The van der Waals surface area contributed by atoms with Crippen LogP contribution in [0.25, 0.3) is 20.9 Å². The van der Waals surface area contributed by atoms with Gasteiger partial charge >= 0.3 is 0 Å². The second-order valence-electron chi connectivity index (χ2n) is 3.99. The molecule has 0 aliphatic rings. The lowest BCUT2D eigenvalue weighted by Gasteiger charge is -2.10. The van der Waals surface area contributed by atoms with Crippen LogP contribution in [0, 0.1) is 0 Å². The van der Waals surface area contributed by atoms with Crippen molar-refractivity contribution in [3.63, 3.8) is 0 Å². The number of rotatable bonds is 7. The van der Waals surface area contributed by atoms with Crippen molar-refractivity contribution in [2.45, 2.75) is 31.7 Å². The Hall–Kier alpha value is -2.08. The molecule has 1 heterocycles. The second kappa shape index (κ2) is 8.92. The van der Waals surface area contributed by atoms with Crippen LogP contribution in [0.5, 0.6) is 0 Å². The number of nitrogens with zero attached hydrogens (tertiary/aromatic N) is 7. The first-order chi connectivity index (χ1) is 9.67. The van der Waals surface area contributed by atoms with E-state index in [1.807, 2.05) is 6.07 Å². The molecule has 1 rings (SSSR count). The number of aromatic nitrogens is 1. The van der Waals surface area contributed by atoms with Crippen molar-refractivity contribution in [3.05, 3.63) is 49.4 Å². The molecule has 0 N–H and O–H groups in total. The van der Waals surface area contributed by atoms with Gasteiger partial charge in [-0.1, -0.05) is 11.5 Å². The van der Waals surface area contributed by atoms with E-state index < -0.39 is 5.91 Å². The Morgan fingerprint density at radius 1 is 1.35 bits per heavy atom. The predicted molar refractivity (Wildman–Crippen MR) is 76.4 cm³/mol. The lowest BCUT2D eigenvalue weighted by atomic mass is 10.0. The maximum atomic E-state index is 11.0. The molecule has 1 unspecified atom stereocenters. The predicted octanol–water partition coefficient (Wildman–Crippen LogP) is 4.59. The third-order valence-electron chi connectivity index (χ3n) is 2.58. The average molecular weight is 338 g/mol. The fourth-order valence-electron chi connectivity index (χ4n) is 1.68. The van der Waals surface area contributed by atoms with E-state index >= 15 is 0 Å². The molecule has 1 atom stereocenters. The monoisotopic (exact) mass is 337 g/mol. The third-order valence-corrected chi connectivity index (χ3v) is 3.01. The van der Waals surface area contributed by atoms with Crippen LogP contribution in [0.4, 0.5) is 0 Å². The minimum absolute atomic E-state index is 0.198. The van der Waals surface area contributed by atoms with Gasteiger partial charge in [0.2, 0.25) is 5.91 Å². The van der Waals surface area contributed by atoms with Crippen molar-refractivity contribution in [2.24, 2.45) is 10.2 Å². The van der Waals surface area contributed by atoms with Gasteiger partial charge < -0.3 is 0 Å². The van der Waals surface area contributed by atoms with Crippen molar-refractivity contribution in [1.29, 1.82) is 0 Å². The zero-order chi connectivity index (χ0) is 14.8. The van der Waals surface area contributed by atoms with Gasteiger partial charge in [0.15, 0.2) is 0 Å². The molecule has 0 bridgehead atoms. The number of carbonyl (C=O) groups is 1. The first-order valence-electron chi connectivity index (χ1n) is 5.90. The van der Waals surface area contributed by atoms with Crippen LogP contribution in [-0.4, -0.2) is 10.9 Å². The maximum absolute atomic E-state index is 11.0. The van der Waals surface area contributed by atoms with E-state index in [9.17, 15) is 4.79 Å². The van der Waals surface area contributed by atoms with Gasteiger partial charge in [-0.2, -0.15) is 0 Å². The largest absolute Gasteiger partial charge is 0.293 e. The third kappa shape index (κ3) is 5.71. The minimum atomic E-state index is -0.475. The molecule has 8 nitrogen and oxygen atoms in total. The highest BCUT2D eigenvalue weighted by atomic mass is 79.9. The van der Waals surface area contributed by atoms with Gasteiger partial charge in [-0.05, 0) is 56.6 Å². The summed E-state index contributed by atoms with van der Waals surface area (Å²) in [5, 5.41) is 6.73. The zero-order valence-electron chi connectivity index (χ0n) is 10.6. The molecule has 104 valence electrons. The maximum Gasteiger partial charge on any atom is 0.218 e. The Bertz CT molecular complexity index is 564. The van der Waals surface area contributed by atoms with E-state index in [1.165, 1.54) is 0 Å². The van der Waals surface area contributed by atoms with Gasteiger partial charge in [-0.25, -0.2) is 0 Å². The topological polar surface area (TPSA) is 127 Å². The number of amides is 1. The molecular weight excluding hydrogens is 326 g/mol. The Balaban J connectivity index is 2.54. The van der Waals surface area contributed by atoms with Crippen LogP contribution < -0.4 is 0 Å². The molecule has 0 saturated heterocycles. The molecule has 0 fully saturated rings. The molecule has 0 radical (unpaired) electrons. The summed E-state index contributed by atoms with van der Waals surface area (Å²) in [7, 11) is 0. The Labute approximate surface area is 123 Å². The first-order valence-corrected chi connectivity index (χ1v) is 6.69. The Morgan fingerprint density at radius 2 is 2.15 bits per heavy atom. The molecule has 0 aromatic carbocycles. The molecule has 9 heteroatoms. The van der Waals surface area contributed by atoms with Gasteiger partial charge in [0, 0.05) is 33.1 Å². The standard InChI is InChI=1S/C11H12BrN7O/c12-9-5-8(6-15-7-9)10(16-18-13)3-1-2-4-11(20)17-19-14/h5-7,10H,1-4H2. The van der Waals surface area contributed by atoms with E-state index in [0.29, 0.717) is 19.3 Å². The summed E-state index contributed by atoms with van der Waals surface area (Å²) in [5.41, 5.74) is 17.5. The van der Waals surface area contributed by atoms with Crippen LogP contribution in [0.2, 0.25) is 0 Å². The fourth-order valence-corrected chi connectivity index (χ4v) is 2.06. The molecule has 0 spiro atoms. The van der Waals surface area contributed by atoms with Crippen LogP contribution in [-0.2, 0) is 4.79 Å². The number of pyridine rings is 1. The molecule has 1 amide bonds. The lowest BCUT2D eigenvalue weighted by molar-refractivity contribution is -0.118. The highest BCUT2D eigenvalue weighted by molar-refractivity contribution is 9.10. The summed E-state index contributed by atoms with van der Waals surface area (Å²) in [5.74, 6) is -0.475. The smallest absolute Gasteiger partial charge is 0.218 e. The molecule has 0 aliphatic heterocycles. The number of halogens is 1. The fraction of sp³-hybridized carbons (Fsp3) is 0.455. The summed E-state index contributed by atoms with van der Waals surface area (Å²) in [4.78, 5) is 20.3. The van der Waals surface area contributed by atoms with Crippen molar-refractivity contribution < 1.29 is 4.79 Å². The van der Waals surface area contributed by atoms with Crippen LogP contribution >= 0.6 is 15.9 Å². The van der Waals surface area contributed by atoms with Gasteiger partial charge in [-0.3, -0.25) is 9.78 Å². The zero-order valence-corrected chi connectivity index (χ0v) is 12.1. The number of carbonyl (C=O) groups excluding carboxylic acids is 1. The first kappa shape index (κ1) is 16.0. The summed E-state index contributed by atoms with van der Waals surface area (Å²) in [6, 6.07) is 1.52. The van der Waals surface area contributed by atoms with Crippen molar-refractivity contribution in [3.8, 4) is 0 Å². The Morgan fingerprint density at radius 3 is 2.80 bits per heavy atom. The molecule has 1 aromatic rings. The number of hydrogen-bond acceptors (Lipinski definition) is 3. The molecule has 1 aromatic heterocycles. The second-order valence-corrected chi connectivity index (χ2v) is 4.90. The van der Waals surface area contributed by atoms with Crippen LogP contribution in [0.3, 0.4) is 0 Å². The summed E-state index contributed by atoms with van der Waals surface area (Å²) in [6.07, 6.45) is 5.36. The molecule has 0 aliphatic carbocycles. The highest BCUT2D eigenvalue weighted by Crippen LogP contribution is 2.25. The van der Waals surface area contributed by atoms with E-state index in [-0.39, 0.29) is 12.5 Å². The van der Waals surface area contributed by atoms with E-state index in [2.05, 4.69) is 41.0 Å². The van der Waals surface area contributed by atoms with Gasteiger partial charge in [0.1, 0.15) is 0 Å². The quantitative estimate of drug-likeness (QED) is 0.312. The van der Waals surface area contributed by atoms with Gasteiger partial charge in [0.05, 0.1) is 6.04 Å². The van der Waals surface area contributed by atoms with Crippen LogP contribution in [0.1, 0.15) is 37.3 Å². The van der Waals surface area contributed by atoms with Crippen molar-refractivity contribution >= 4 is 21.8 Å². The normalized spacial score (nSPS) is 11.1. The molecule has 0 saturated carbocycles. The highest BCUT2D eigenvalue weighted by Gasteiger charge is 2.10. The summed E-state index contributed by atoms with van der Waals surface area (Å²) >= 11 is 3.31. The SMILES string of the molecule is [N-]=[N+]=NC(=O)CCCCC(N=[N+]=[N-])c1cncc(Br)c1. The molecule has 20 heavy (non-hydrogen) atoms. The van der Waals surface area contributed by atoms with E-state index in [0.717, 1.165) is 10.0 Å².